The van der Waals surface area contributed by atoms with Crippen molar-refractivity contribution in [2.75, 3.05) is 13.6 Å². The molecule has 4 heterocycles. The third-order valence-corrected chi connectivity index (χ3v) is 15.1. The van der Waals surface area contributed by atoms with Crippen LogP contribution < -0.4 is 15.9 Å². The van der Waals surface area contributed by atoms with Gasteiger partial charge in [0.1, 0.15) is 23.9 Å². The maximum Gasteiger partial charge on any atom is 0.155 e. The number of nitrogens with one attached hydrogen (secondary N) is 1. The third-order valence-electron chi connectivity index (χ3n) is 15.1. The number of benzene rings is 1. The van der Waals surface area contributed by atoms with E-state index in [0.717, 1.165) is 82.5 Å². The van der Waals surface area contributed by atoms with E-state index < -0.39 is 0 Å². The minimum atomic E-state index is -0.201. The van der Waals surface area contributed by atoms with Gasteiger partial charge in [-0.25, -0.2) is 9.98 Å². The number of ether oxygens (including phenoxy) is 1. The molecular formula is C58H59N5O. The maximum atomic E-state index is 7.38. The maximum absolute atomic E-state index is 7.38. The van der Waals surface area contributed by atoms with Crippen LogP contribution in [0.2, 0.25) is 0 Å². The Morgan fingerprint density at radius 1 is 0.828 bits per heavy atom. The highest BCUT2D eigenvalue weighted by Gasteiger charge is 2.46. The minimum absolute atomic E-state index is 0.0536. The molecule has 1 N–H and O–H groups in total. The predicted octanol–water partition coefficient (Wildman–Crippen LogP) is 10.6. The largest absolute Gasteiger partial charge is 0.489 e. The van der Waals surface area contributed by atoms with E-state index in [2.05, 4.69) is 156 Å². The number of hydrogen-bond acceptors (Lipinski definition) is 5. The van der Waals surface area contributed by atoms with Gasteiger partial charge in [-0.1, -0.05) is 121 Å². The van der Waals surface area contributed by atoms with Crippen LogP contribution in [0.25, 0.3) is 17.7 Å². The fourth-order valence-corrected chi connectivity index (χ4v) is 12.1. The van der Waals surface area contributed by atoms with Gasteiger partial charge in [-0.3, -0.25) is 0 Å². The van der Waals surface area contributed by atoms with Crippen molar-refractivity contribution in [3.8, 4) is 0 Å². The number of fused-ring (bicyclic) bond motifs is 6. The van der Waals surface area contributed by atoms with E-state index in [1.807, 2.05) is 0 Å². The van der Waals surface area contributed by atoms with Gasteiger partial charge in [0.15, 0.2) is 5.84 Å². The number of dihydropyridines is 1. The highest BCUT2D eigenvalue weighted by Crippen LogP contribution is 2.51. The van der Waals surface area contributed by atoms with E-state index in [1.165, 1.54) is 97.0 Å². The summed E-state index contributed by atoms with van der Waals surface area (Å²) in [7, 11) is 2.16. The van der Waals surface area contributed by atoms with Crippen molar-refractivity contribution in [3.05, 3.63) is 194 Å². The van der Waals surface area contributed by atoms with Crippen LogP contribution in [0.4, 0.5) is 0 Å². The van der Waals surface area contributed by atoms with E-state index in [0.29, 0.717) is 5.92 Å². The zero-order valence-electron chi connectivity index (χ0n) is 37.2. The first-order chi connectivity index (χ1) is 31.7. The molecule has 1 aromatic carbocycles. The number of aromatic nitrogens is 1. The number of allylic oxidation sites excluding steroid dienone is 16. The molecule has 5 unspecified atom stereocenters. The highest BCUT2D eigenvalue weighted by atomic mass is 16.5. The Morgan fingerprint density at radius 3 is 2.58 bits per heavy atom. The standard InChI is InChI=1S/C58H59N5O/c1-62-57(40-20-7-3-8-21-40)60-56(61-58(62)41-22-9-4-10-23-41)50-35-42(44-25-12-11-24-43(44)39-18-5-2-6-19-39)30-31-45(50)48-27-15-28-49-53-52(64-55(48)49)33-32-47-46-26-13-14-29-51(46)63(54(47)53)37-38-17-16-34-59-36-38/h3,5,7-9,15-18,20-30,35-36,39,45,49,55,57,59H,2,4,6,10-14,19,31-34,37H2,1H3. The molecule has 322 valence electrons. The van der Waals surface area contributed by atoms with Crippen LogP contribution in [0, 0.1) is 17.8 Å². The molecule has 0 saturated carbocycles. The molecule has 12 rings (SSSR count). The Balaban J connectivity index is 0.966. The van der Waals surface area contributed by atoms with Crippen LogP contribution in [0.5, 0.6) is 0 Å². The summed E-state index contributed by atoms with van der Waals surface area (Å²) in [5.74, 6) is 3.67. The number of likely N-dealkylation sites (N-methyl/N-ethyl adjacent to an activating group) is 1. The monoisotopic (exact) mass is 841 g/mol. The lowest BCUT2D eigenvalue weighted by Gasteiger charge is -2.37. The lowest BCUT2D eigenvalue weighted by Crippen LogP contribution is -2.37. The molecule has 0 fully saturated rings. The molecule has 5 atom stereocenters. The smallest absolute Gasteiger partial charge is 0.155 e. The van der Waals surface area contributed by atoms with Gasteiger partial charge in [0.05, 0.1) is 5.69 Å². The fraction of sp³-hybridized carbons (Fsp3) is 0.345. The second-order valence-electron chi connectivity index (χ2n) is 19.0. The molecule has 6 heteroatoms. The molecule has 1 aromatic heterocycles. The van der Waals surface area contributed by atoms with Gasteiger partial charge in [-0.05, 0) is 121 Å². The number of amidine groups is 2. The molecule has 64 heavy (non-hydrogen) atoms. The zero-order chi connectivity index (χ0) is 42.6. The number of nitrogens with zero attached hydrogens (tertiary/aromatic N) is 4. The topological polar surface area (TPSA) is 54.2 Å². The summed E-state index contributed by atoms with van der Waals surface area (Å²) in [6.07, 6.45) is 53.4. The first-order valence-corrected chi connectivity index (χ1v) is 24.3. The van der Waals surface area contributed by atoms with Gasteiger partial charge >= 0.3 is 0 Å². The summed E-state index contributed by atoms with van der Waals surface area (Å²) in [6, 6.07) is 10.8. The van der Waals surface area contributed by atoms with Crippen LogP contribution >= 0.6 is 0 Å². The van der Waals surface area contributed by atoms with Crippen LogP contribution in [-0.4, -0.2) is 40.8 Å². The van der Waals surface area contributed by atoms with Crippen molar-refractivity contribution in [2.24, 2.45) is 27.7 Å². The summed E-state index contributed by atoms with van der Waals surface area (Å²) in [4.78, 5) is 13.6. The Labute approximate surface area is 378 Å². The fourth-order valence-electron chi connectivity index (χ4n) is 12.1. The van der Waals surface area contributed by atoms with Gasteiger partial charge in [0.25, 0.3) is 0 Å². The van der Waals surface area contributed by atoms with Gasteiger partial charge < -0.3 is 19.5 Å². The summed E-state index contributed by atoms with van der Waals surface area (Å²) < 4.78 is 10.0. The summed E-state index contributed by atoms with van der Waals surface area (Å²) in [6.45, 7) is 1.73. The zero-order valence-corrected chi connectivity index (χ0v) is 37.2. The summed E-state index contributed by atoms with van der Waals surface area (Å²) in [5, 5.41) is 6.31. The minimum Gasteiger partial charge on any atom is -0.489 e. The molecule has 0 saturated heterocycles. The molecule has 6 nitrogen and oxygen atoms in total. The Morgan fingerprint density at radius 2 is 1.72 bits per heavy atom. The predicted molar refractivity (Wildman–Crippen MR) is 262 cm³/mol. The Kier molecular flexibility index (Phi) is 10.3. The molecule has 0 radical (unpaired) electrons. The van der Waals surface area contributed by atoms with Gasteiger partial charge in [-0.15, -0.1) is 0 Å². The van der Waals surface area contributed by atoms with E-state index >= 15 is 0 Å². The van der Waals surface area contributed by atoms with Crippen molar-refractivity contribution in [1.82, 2.24) is 14.8 Å². The average Bonchev–Trinajstić information content (AvgIpc) is 3.90. The molecule has 0 bridgehead atoms. The van der Waals surface area contributed by atoms with Gasteiger partial charge in [0, 0.05) is 72.6 Å². The lowest BCUT2D eigenvalue weighted by molar-refractivity contribution is 0.140. The number of hydrogen-bond donors (Lipinski definition) is 1. The first kappa shape index (κ1) is 39.5. The molecule has 7 aliphatic carbocycles. The third kappa shape index (κ3) is 6.92. The molecular weight excluding hydrogens is 783 g/mol. The van der Waals surface area contributed by atoms with E-state index in [4.69, 9.17) is 14.7 Å². The van der Waals surface area contributed by atoms with Gasteiger partial charge in [0.2, 0.25) is 0 Å². The molecule has 10 aliphatic rings. The number of aliphatic imine (C=N–C) groups is 2. The lowest BCUT2D eigenvalue weighted by atomic mass is 9.72. The van der Waals surface area contributed by atoms with Crippen LogP contribution in [0.1, 0.15) is 93.6 Å². The van der Waals surface area contributed by atoms with Gasteiger partial charge in [-0.2, -0.15) is 0 Å². The van der Waals surface area contributed by atoms with Crippen LogP contribution in [0.15, 0.2) is 176 Å². The molecule has 2 aromatic rings. The van der Waals surface area contributed by atoms with Crippen molar-refractivity contribution in [1.29, 1.82) is 0 Å². The Hall–Kier alpha value is -6.14. The van der Waals surface area contributed by atoms with Crippen LogP contribution in [-0.2, 0) is 17.7 Å². The number of rotatable bonds is 8. The molecule has 0 amide bonds. The van der Waals surface area contributed by atoms with Crippen molar-refractivity contribution < 1.29 is 4.74 Å². The van der Waals surface area contributed by atoms with E-state index in [-0.39, 0.29) is 24.1 Å². The second-order valence-corrected chi connectivity index (χ2v) is 19.0. The van der Waals surface area contributed by atoms with Crippen molar-refractivity contribution in [2.45, 2.75) is 95.9 Å². The summed E-state index contributed by atoms with van der Waals surface area (Å²) in [5.41, 5.74) is 14.7. The quantitative estimate of drug-likeness (QED) is 0.270. The summed E-state index contributed by atoms with van der Waals surface area (Å²) >= 11 is 0. The SMILES string of the molecule is CN1C(C2=CCCC=C2)=NC(C2=CC(C3=CCCC=C3C3C=CCCC3)=CCC2C2=CC=CC3C4=C(CCc5c4n(CC4=CNCC=C4)c4c5=CCCC=4)OC23)=NC1c1ccccc1. The van der Waals surface area contributed by atoms with E-state index in [9.17, 15) is 0 Å². The second kappa shape index (κ2) is 16.8. The molecule has 3 aliphatic heterocycles. The first-order valence-electron chi connectivity index (χ1n) is 24.3. The van der Waals surface area contributed by atoms with Crippen molar-refractivity contribution in [3.63, 3.8) is 0 Å². The van der Waals surface area contributed by atoms with Crippen molar-refractivity contribution >= 4 is 29.4 Å². The normalized spacial score (nSPS) is 27.9. The Bertz CT molecular complexity index is 2870. The highest BCUT2D eigenvalue weighted by molar-refractivity contribution is 6.14. The van der Waals surface area contributed by atoms with E-state index in [1.54, 1.807) is 0 Å². The van der Waals surface area contributed by atoms with Crippen LogP contribution in [0.3, 0.4) is 0 Å². The molecule has 0 spiro atoms. The average molecular weight is 842 g/mol.